The molecule has 2 amide bonds. The standard InChI is InChI=1S/C24H20N6O8S2/c1-37-29-17(14-9-40-24(25)26-14)20(33)27-18-21(34)30-19(23(35)36)11(8-39-22(18)30)2-4-12-7-13(28-38-12)10-3-5-15(31)16(32)6-10/h2-7,9,18,22,31-32H,8H2,1H3,(H2,25,26)(H,27,33)(H,35,36)/b4-2+,29-17-/t18-,22-/m1/s1. The maximum absolute atomic E-state index is 13.0. The zero-order valence-electron chi connectivity index (χ0n) is 20.5. The fraction of sp³-hybridized carbons (Fsp3) is 0.167. The van der Waals surface area contributed by atoms with Crippen molar-refractivity contribution >= 4 is 57.8 Å². The number of phenols is 2. The number of thioether (sulfide) groups is 1. The summed E-state index contributed by atoms with van der Waals surface area (Å²) in [6.07, 6.45) is 3.02. The summed E-state index contributed by atoms with van der Waals surface area (Å²) >= 11 is 2.38. The molecular formula is C24H20N6O8S2. The van der Waals surface area contributed by atoms with E-state index in [-0.39, 0.29) is 39.5 Å². The van der Waals surface area contributed by atoms with E-state index >= 15 is 0 Å². The number of β-lactam (4-membered cyclic amide) rings is 1. The van der Waals surface area contributed by atoms with Gasteiger partial charge in [0.25, 0.3) is 11.8 Å². The molecule has 1 saturated heterocycles. The fourth-order valence-electron chi connectivity index (χ4n) is 4.04. The number of carbonyl (C=O) groups is 3. The van der Waals surface area contributed by atoms with Gasteiger partial charge >= 0.3 is 5.97 Å². The van der Waals surface area contributed by atoms with Gasteiger partial charge in [0.1, 0.15) is 35.6 Å². The molecule has 3 aromatic rings. The maximum Gasteiger partial charge on any atom is 0.352 e. The van der Waals surface area contributed by atoms with Gasteiger partial charge in [-0.15, -0.1) is 23.1 Å². The van der Waals surface area contributed by atoms with Crippen LogP contribution in [0.3, 0.4) is 0 Å². The largest absolute Gasteiger partial charge is 0.504 e. The number of aromatic nitrogens is 2. The Labute approximate surface area is 233 Å². The van der Waals surface area contributed by atoms with E-state index in [0.717, 1.165) is 16.2 Å². The van der Waals surface area contributed by atoms with Gasteiger partial charge in [-0.2, -0.15) is 0 Å². The number of hydrogen-bond donors (Lipinski definition) is 5. The summed E-state index contributed by atoms with van der Waals surface area (Å²) in [7, 11) is 1.26. The number of nitrogens with one attached hydrogen (secondary N) is 1. The number of amides is 2. The molecule has 6 N–H and O–H groups in total. The van der Waals surface area contributed by atoms with Crippen molar-refractivity contribution in [3.05, 3.63) is 58.4 Å². The number of hydrogen-bond acceptors (Lipinski definition) is 13. The number of carbonyl (C=O) groups excluding carboxylic acids is 2. The van der Waals surface area contributed by atoms with Crippen LogP contribution >= 0.6 is 23.1 Å². The number of phenolic OH excluding ortho intramolecular Hbond substituents is 2. The Bertz CT molecular complexity index is 1610. The summed E-state index contributed by atoms with van der Waals surface area (Å²) < 4.78 is 5.28. The van der Waals surface area contributed by atoms with Crippen molar-refractivity contribution < 1.29 is 39.1 Å². The van der Waals surface area contributed by atoms with Crippen LogP contribution in [0.5, 0.6) is 11.5 Å². The SMILES string of the molecule is CO/N=C(\C(=O)N[C@@H]1C(=O)N2C(C(=O)O)=C(/C=C/c3cc(-c4ccc(O)c(O)c4)no3)CS[C@H]12)c1csc(N)n1. The molecule has 2 aliphatic rings. The third-order valence-corrected chi connectivity index (χ3v) is 7.87. The highest BCUT2D eigenvalue weighted by Crippen LogP contribution is 2.41. The molecule has 0 bridgehead atoms. The lowest BCUT2D eigenvalue weighted by molar-refractivity contribution is -0.150. The van der Waals surface area contributed by atoms with Crippen molar-refractivity contribution in [2.24, 2.45) is 5.16 Å². The molecule has 4 heterocycles. The first-order valence-corrected chi connectivity index (χ1v) is 13.3. The van der Waals surface area contributed by atoms with E-state index < -0.39 is 29.2 Å². The molecule has 2 aliphatic heterocycles. The second-order valence-electron chi connectivity index (χ2n) is 8.38. The molecule has 2 atom stereocenters. The van der Waals surface area contributed by atoms with Crippen LogP contribution < -0.4 is 11.1 Å². The molecule has 206 valence electrons. The van der Waals surface area contributed by atoms with Crippen molar-refractivity contribution in [1.82, 2.24) is 20.4 Å². The number of fused-ring (bicyclic) bond motifs is 1. The lowest BCUT2D eigenvalue weighted by Gasteiger charge is -2.49. The number of thiazole rings is 1. The number of benzene rings is 1. The molecule has 0 saturated carbocycles. The second kappa shape index (κ2) is 10.7. The van der Waals surface area contributed by atoms with Gasteiger partial charge in [-0.05, 0) is 29.8 Å². The molecule has 1 aromatic carbocycles. The summed E-state index contributed by atoms with van der Waals surface area (Å²) in [4.78, 5) is 47.9. The molecule has 2 aromatic heterocycles. The van der Waals surface area contributed by atoms with Gasteiger partial charge in [0.2, 0.25) is 0 Å². The van der Waals surface area contributed by atoms with E-state index in [1.165, 1.54) is 48.5 Å². The predicted molar refractivity (Wildman–Crippen MR) is 144 cm³/mol. The smallest absolute Gasteiger partial charge is 0.352 e. The Hall–Kier alpha value is -4.83. The summed E-state index contributed by atoms with van der Waals surface area (Å²) in [5.41, 5.74) is 6.67. The molecule has 16 heteroatoms. The molecule has 40 heavy (non-hydrogen) atoms. The van der Waals surface area contributed by atoms with Crippen LogP contribution in [0, 0.1) is 0 Å². The first-order valence-electron chi connectivity index (χ1n) is 11.4. The third-order valence-electron chi connectivity index (χ3n) is 5.90. The molecule has 14 nitrogen and oxygen atoms in total. The van der Waals surface area contributed by atoms with Crippen LogP contribution in [0.25, 0.3) is 17.3 Å². The van der Waals surface area contributed by atoms with Crippen LogP contribution in [0.2, 0.25) is 0 Å². The number of nitrogens with two attached hydrogens (primary N) is 1. The summed E-state index contributed by atoms with van der Waals surface area (Å²) in [6, 6.07) is 4.76. The topological polar surface area (TPSA) is 214 Å². The number of anilines is 1. The number of carboxylic acids is 1. The average Bonchev–Trinajstić information content (AvgIpc) is 3.59. The predicted octanol–water partition coefficient (Wildman–Crippen LogP) is 1.59. The molecule has 1 fully saturated rings. The highest BCUT2D eigenvalue weighted by atomic mass is 32.2. The Morgan fingerprint density at radius 3 is 2.75 bits per heavy atom. The van der Waals surface area contributed by atoms with Gasteiger partial charge in [0, 0.05) is 22.8 Å². The van der Waals surface area contributed by atoms with E-state index in [1.807, 2.05) is 0 Å². The van der Waals surface area contributed by atoms with Crippen LogP contribution in [0.1, 0.15) is 11.5 Å². The van der Waals surface area contributed by atoms with Gasteiger partial charge in [-0.1, -0.05) is 16.4 Å². The Morgan fingerprint density at radius 1 is 1.27 bits per heavy atom. The lowest BCUT2D eigenvalue weighted by Crippen LogP contribution is -2.71. The number of nitrogens with zero attached hydrogens (tertiary/aromatic N) is 4. The average molecular weight is 585 g/mol. The van der Waals surface area contributed by atoms with Crippen molar-refractivity contribution in [2.75, 3.05) is 18.6 Å². The molecule has 5 rings (SSSR count). The number of allylic oxidation sites excluding steroid dienone is 1. The van der Waals surface area contributed by atoms with Gasteiger partial charge in [0.05, 0.1) is 0 Å². The van der Waals surface area contributed by atoms with Gasteiger partial charge in [0.15, 0.2) is 28.1 Å². The van der Waals surface area contributed by atoms with Gasteiger partial charge in [-0.25, -0.2) is 9.78 Å². The van der Waals surface area contributed by atoms with Crippen LogP contribution in [0.15, 0.2) is 56.7 Å². The van der Waals surface area contributed by atoms with E-state index in [2.05, 4.69) is 20.6 Å². The van der Waals surface area contributed by atoms with Crippen LogP contribution in [0.4, 0.5) is 5.13 Å². The van der Waals surface area contributed by atoms with Crippen molar-refractivity contribution in [1.29, 1.82) is 0 Å². The van der Waals surface area contributed by atoms with E-state index in [4.69, 9.17) is 15.1 Å². The van der Waals surface area contributed by atoms with E-state index in [1.54, 1.807) is 12.1 Å². The second-order valence-corrected chi connectivity index (χ2v) is 10.4. The van der Waals surface area contributed by atoms with Crippen molar-refractivity contribution in [2.45, 2.75) is 11.4 Å². The highest BCUT2D eigenvalue weighted by Gasteiger charge is 2.54. The quantitative estimate of drug-likeness (QED) is 0.110. The van der Waals surface area contributed by atoms with Crippen molar-refractivity contribution in [3.63, 3.8) is 0 Å². The number of rotatable bonds is 8. The lowest BCUT2D eigenvalue weighted by atomic mass is 10.0. The van der Waals surface area contributed by atoms with Gasteiger partial charge < -0.3 is 35.7 Å². The third kappa shape index (κ3) is 4.96. The van der Waals surface area contributed by atoms with E-state index in [9.17, 15) is 29.7 Å². The molecule has 0 unspecified atom stereocenters. The number of nitrogen functional groups attached to an aromatic ring is 1. The minimum absolute atomic E-state index is 0.172. The highest BCUT2D eigenvalue weighted by molar-refractivity contribution is 8.00. The number of carboxylic acid groups (broad SMARTS) is 1. The Morgan fingerprint density at radius 2 is 2.08 bits per heavy atom. The van der Waals surface area contributed by atoms with E-state index in [0.29, 0.717) is 22.6 Å². The fourth-order valence-corrected chi connectivity index (χ4v) is 5.91. The van der Waals surface area contributed by atoms with Crippen molar-refractivity contribution in [3.8, 4) is 22.8 Å². The Kier molecular flexibility index (Phi) is 7.19. The monoisotopic (exact) mass is 584 g/mol. The van der Waals surface area contributed by atoms with Crippen LogP contribution in [-0.2, 0) is 19.2 Å². The number of aliphatic carboxylic acids is 1. The molecular weight excluding hydrogens is 564 g/mol. The molecule has 0 spiro atoms. The Balaban J connectivity index is 1.32. The summed E-state index contributed by atoms with van der Waals surface area (Å²) in [6.45, 7) is 0. The number of oxime groups is 1. The zero-order valence-corrected chi connectivity index (χ0v) is 22.1. The first kappa shape index (κ1) is 26.8. The maximum atomic E-state index is 13.0. The number of aromatic hydroxyl groups is 2. The minimum atomic E-state index is -1.31. The normalized spacial score (nSPS) is 19.0. The molecule has 0 radical (unpaired) electrons. The minimum Gasteiger partial charge on any atom is -0.504 e. The van der Waals surface area contributed by atoms with Gasteiger partial charge in [-0.3, -0.25) is 14.5 Å². The zero-order chi connectivity index (χ0) is 28.6. The first-order chi connectivity index (χ1) is 19.2. The summed E-state index contributed by atoms with van der Waals surface area (Å²) in [5, 5.41) is 40.4. The molecule has 0 aliphatic carbocycles. The summed E-state index contributed by atoms with van der Waals surface area (Å²) in [5.74, 6) is -2.69. The van der Waals surface area contributed by atoms with Crippen LogP contribution in [-0.4, -0.2) is 78.1 Å².